The summed E-state index contributed by atoms with van der Waals surface area (Å²) in [6.07, 6.45) is -0.451. The van der Waals surface area contributed by atoms with Gasteiger partial charge in [0.2, 0.25) is 5.91 Å². The van der Waals surface area contributed by atoms with Gasteiger partial charge < -0.3 is 9.84 Å². The SMILES string of the molecule is CCOC(=O)NC(=O)CN(C)C(CC)C(=O)O. The molecule has 98 valence electrons. The average Bonchev–Trinajstić information content (AvgIpc) is 2.17. The van der Waals surface area contributed by atoms with Crippen molar-refractivity contribution in [1.82, 2.24) is 10.2 Å². The fourth-order valence-corrected chi connectivity index (χ4v) is 1.33. The van der Waals surface area contributed by atoms with Crippen molar-refractivity contribution in [2.45, 2.75) is 26.3 Å². The van der Waals surface area contributed by atoms with E-state index in [1.165, 1.54) is 11.9 Å². The highest BCUT2D eigenvalue weighted by molar-refractivity contribution is 5.93. The number of amides is 2. The van der Waals surface area contributed by atoms with Crippen molar-refractivity contribution >= 4 is 18.0 Å². The van der Waals surface area contributed by atoms with E-state index >= 15 is 0 Å². The van der Waals surface area contributed by atoms with Crippen LogP contribution in [0.5, 0.6) is 0 Å². The normalized spacial score (nSPS) is 12.0. The fourth-order valence-electron chi connectivity index (χ4n) is 1.33. The number of carbonyl (C=O) groups is 3. The standard InChI is InChI=1S/C10H18N2O5/c1-4-7(9(14)15)12(3)6-8(13)11-10(16)17-5-2/h7H,4-6H2,1-3H3,(H,14,15)(H,11,13,16). The van der Waals surface area contributed by atoms with Crippen molar-refractivity contribution < 1.29 is 24.2 Å². The van der Waals surface area contributed by atoms with Gasteiger partial charge in [0.15, 0.2) is 0 Å². The monoisotopic (exact) mass is 246 g/mol. The van der Waals surface area contributed by atoms with Crippen molar-refractivity contribution in [3.05, 3.63) is 0 Å². The van der Waals surface area contributed by atoms with Gasteiger partial charge in [-0.05, 0) is 20.4 Å². The molecule has 0 radical (unpaired) electrons. The number of likely N-dealkylation sites (N-methyl/N-ethyl adjacent to an activating group) is 1. The summed E-state index contributed by atoms with van der Waals surface area (Å²) in [6.45, 7) is 3.32. The number of carboxylic acids is 1. The lowest BCUT2D eigenvalue weighted by Gasteiger charge is -2.22. The Morgan fingerprint density at radius 2 is 1.94 bits per heavy atom. The number of aliphatic carboxylic acids is 1. The third kappa shape index (κ3) is 5.86. The topological polar surface area (TPSA) is 95.9 Å². The predicted molar refractivity (Wildman–Crippen MR) is 59.5 cm³/mol. The van der Waals surface area contributed by atoms with Crippen LogP contribution in [0.3, 0.4) is 0 Å². The zero-order valence-electron chi connectivity index (χ0n) is 10.2. The smallest absolute Gasteiger partial charge is 0.413 e. The van der Waals surface area contributed by atoms with E-state index in [0.717, 1.165) is 0 Å². The van der Waals surface area contributed by atoms with Crippen molar-refractivity contribution in [2.24, 2.45) is 0 Å². The van der Waals surface area contributed by atoms with Crippen LogP contribution in [0, 0.1) is 0 Å². The largest absolute Gasteiger partial charge is 0.480 e. The molecule has 1 atom stereocenters. The summed E-state index contributed by atoms with van der Waals surface area (Å²) in [5, 5.41) is 10.9. The fraction of sp³-hybridized carbons (Fsp3) is 0.700. The maximum atomic E-state index is 11.3. The number of imide groups is 1. The molecule has 0 saturated carbocycles. The number of nitrogens with zero attached hydrogens (tertiary/aromatic N) is 1. The molecule has 2 amide bonds. The number of ether oxygens (including phenoxy) is 1. The first-order valence-corrected chi connectivity index (χ1v) is 5.32. The third-order valence-corrected chi connectivity index (χ3v) is 2.11. The van der Waals surface area contributed by atoms with E-state index in [1.54, 1.807) is 13.8 Å². The molecule has 1 unspecified atom stereocenters. The lowest BCUT2D eigenvalue weighted by atomic mass is 10.2. The van der Waals surface area contributed by atoms with Gasteiger partial charge in [-0.3, -0.25) is 19.8 Å². The van der Waals surface area contributed by atoms with Crippen molar-refractivity contribution in [1.29, 1.82) is 0 Å². The average molecular weight is 246 g/mol. The number of carbonyl (C=O) groups excluding carboxylic acids is 2. The van der Waals surface area contributed by atoms with Crippen LogP contribution >= 0.6 is 0 Å². The molecule has 0 bridgehead atoms. The van der Waals surface area contributed by atoms with E-state index in [4.69, 9.17) is 5.11 Å². The van der Waals surface area contributed by atoms with E-state index in [2.05, 4.69) is 4.74 Å². The Balaban J connectivity index is 4.19. The molecule has 0 spiro atoms. The first kappa shape index (κ1) is 15.4. The van der Waals surface area contributed by atoms with Gasteiger partial charge in [-0.15, -0.1) is 0 Å². The Morgan fingerprint density at radius 3 is 2.35 bits per heavy atom. The molecule has 0 saturated heterocycles. The van der Waals surface area contributed by atoms with Gasteiger partial charge in [-0.25, -0.2) is 4.79 Å². The van der Waals surface area contributed by atoms with E-state index in [0.29, 0.717) is 6.42 Å². The number of carboxylic acid groups (broad SMARTS) is 1. The minimum atomic E-state index is -1.00. The molecule has 2 N–H and O–H groups in total. The van der Waals surface area contributed by atoms with Gasteiger partial charge in [-0.1, -0.05) is 6.92 Å². The van der Waals surface area contributed by atoms with Crippen LogP contribution in [0.25, 0.3) is 0 Å². The Hall–Kier alpha value is -1.63. The first-order chi connectivity index (χ1) is 7.92. The summed E-state index contributed by atoms with van der Waals surface area (Å²) in [5.74, 6) is -1.59. The van der Waals surface area contributed by atoms with E-state index < -0.39 is 24.0 Å². The Morgan fingerprint density at radius 1 is 1.35 bits per heavy atom. The first-order valence-electron chi connectivity index (χ1n) is 5.32. The molecule has 0 rings (SSSR count). The van der Waals surface area contributed by atoms with Crippen LogP contribution in [-0.2, 0) is 14.3 Å². The zero-order valence-corrected chi connectivity index (χ0v) is 10.2. The number of nitrogens with one attached hydrogen (secondary N) is 1. The van der Waals surface area contributed by atoms with Crippen molar-refractivity contribution in [2.75, 3.05) is 20.2 Å². The predicted octanol–water partition coefficient (Wildman–Crippen LogP) is 0.0541. The van der Waals surface area contributed by atoms with Crippen LogP contribution in [0.4, 0.5) is 4.79 Å². The highest BCUT2D eigenvalue weighted by atomic mass is 16.5. The molecule has 0 fully saturated rings. The number of rotatable bonds is 6. The van der Waals surface area contributed by atoms with Crippen molar-refractivity contribution in [3.8, 4) is 0 Å². The summed E-state index contributed by atoms with van der Waals surface area (Å²) in [6, 6.07) is -0.747. The van der Waals surface area contributed by atoms with Crippen molar-refractivity contribution in [3.63, 3.8) is 0 Å². The second kappa shape index (κ2) is 7.61. The second-order valence-corrected chi connectivity index (χ2v) is 3.45. The van der Waals surface area contributed by atoms with Gasteiger partial charge in [0.05, 0.1) is 13.2 Å². The van der Waals surface area contributed by atoms with Gasteiger partial charge in [-0.2, -0.15) is 0 Å². The highest BCUT2D eigenvalue weighted by Gasteiger charge is 2.22. The molecular formula is C10H18N2O5. The lowest BCUT2D eigenvalue weighted by Crippen LogP contribution is -2.45. The highest BCUT2D eigenvalue weighted by Crippen LogP contribution is 2.01. The molecule has 17 heavy (non-hydrogen) atoms. The van der Waals surface area contributed by atoms with Gasteiger partial charge in [0.1, 0.15) is 6.04 Å². The Kier molecular flexibility index (Phi) is 6.88. The maximum absolute atomic E-state index is 11.3. The molecule has 0 aliphatic carbocycles. The van der Waals surface area contributed by atoms with E-state index in [9.17, 15) is 14.4 Å². The van der Waals surface area contributed by atoms with Crippen LogP contribution in [0.2, 0.25) is 0 Å². The molecule has 7 nitrogen and oxygen atoms in total. The second-order valence-electron chi connectivity index (χ2n) is 3.45. The zero-order chi connectivity index (χ0) is 13.4. The lowest BCUT2D eigenvalue weighted by molar-refractivity contribution is -0.143. The molecule has 0 aromatic heterocycles. The Labute approximate surface area is 99.7 Å². The Bertz CT molecular complexity index is 292. The molecular weight excluding hydrogens is 228 g/mol. The summed E-state index contributed by atoms with van der Waals surface area (Å²) >= 11 is 0. The molecule has 0 aromatic carbocycles. The summed E-state index contributed by atoms with van der Waals surface area (Å²) < 4.78 is 4.52. The maximum Gasteiger partial charge on any atom is 0.413 e. The number of hydrogen-bond acceptors (Lipinski definition) is 5. The summed E-state index contributed by atoms with van der Waals surface area (Å²) in [7, 11) is 1.51. The number of alkyl carbamates (subject to hydrolysis) is 1. The quantitative estimate of drug-likeness (QED) is 0.687. The van der Waals surface area contributed by atoms with Crippen LogP contribution in [0.15, 0.2) is 0 Å². The van der Waals surface area contributed by atoms with E-state index in [-0.39, 0.29) is 13.2 Å². The summed E-state index contributed by atoms with van der Waals surface area (Å²) in [4.78, 5) is 34.4. The molecule has 7 heteroatoms. The molecule has 0 heterocycles. The minimum Gasteiger partial charge on any atom is -0.480 e. The van der Waals surface area contributed by atoms with Crippen LogP contribution in [-0.4, -0.2) is 54.2 Å². The molecule has 0 aliphatic rings. The van der Waals surface area contributed by atoms with Gasteiger partial charge in [0, 0.05) is 0 Å². The van der Waals surface area contributed by atoms with Crippen LogP contribution < -0.4 is 5.32 Å². The third-order valence-electron chi connectivity index (χ3n) is 2.11. The summed E-state index contributed by atoms with van der Waals surface area (Å²) in [5.41, 5.74) is 0. The van der Waals surface area contributed by atoms with Gasteiger partial charge in [0.25, 0.3) is 0 Å². The van der Waals surface area contributed by atoms with Gasteiger partial charge >= 0.3 is 12.1 Å². The molecule has 0 aromatic rings. The minimum absolute atomic E-state index is 0.168. The number of hydrogen-bond donors (Lipinski definition) is 2. The van der Waals surface area contributed by atoms with Crippen LogP contribution in [0.1, 0.15) is 20.3 Å². The van der Waals surface area contributed by atoms with E-state index in [1.807, 2.05) is 5.32 Å². The molecule has 0 aliphatic heterocycles.